The van der Waals surface area contributed by atoms with E-state index in [0.717, 1.165) is 11.2 Å². The molecule has 56 valence electrons. The summed E-state index contributed by atoms with van der Waals surface area (Å²) in [6.45, 7) is -0.175. The molecule has 0 fully saturated rings. The minimum absolute atomic E-state index is 0.175. The molecular weight excluding hydrogens is 139 g/mol. The van der Waals surface area contributed by atoms with Crippen LogP contribution in [0.1, 0.15) is 0 Å². The zero-order chi connectivity index (χ0) is 7.72. The summed E-state index contributed by atoms with van der Waals surface area (Å²) >= 11 is 0. The van der Waals surface area contributed by atoms with E-state index < -0.39 is 11.9 Å². The smallest absolute Gasteiger partial charge is 0.426 e. The van der Waals surface area contributed by atoms with Crippen molar-refractivity contribution in [3.8, 4) is 0 Å². The van der Waals surface area contributed by atoms with Gasteiger partial charge < -0.3 is 5.11 Å². The van der Waals surface area contributed by atoms with Crippen molar-refractivity contribution >= 4 is 6.09 Å². The minimum Gasteiger partial charge on any atom is -0.464 e. The van der Waals surface area contributed by atoms with Crippen molar-refractivity contribution in [2.75, 3.05) is 13.6 Å². The molecule has 0 unspecified atom stereocenters. The Morgan fingerprint density at radius 3 is 2.70 bits per heavy atom. The summed E-state index contributed by atoms with van der Waals surface area (Å²) in [5.41, 5.74) is 0. The molecule has 10 heavy (non-hydrogen) atoms. The Labute approximate surface area is 57.1 Å². The predicted molar refractivity (Wildman–Crippen MR) is 31.7 cm³/mol. The van der Waals surface area contributed by atoms with Crippen LogP contribution in [0.2, 0.25) is 0 Å². The van der Waals surface area contributed by atoms with Crippen LogP contribution < -0.4 is 0 Å². The maximum absolute atomic E-state index is 12.3. The lowest BCUT2D eigenvalue weighted by Gasteiger charge is -2.20. The third-order valence-corrected chi connectivity index (χ3v) is 1.23. The lowest BCUT2D eigenvalue weighted by atomic mass is 10.6. The third kappa shape index (κ3) is 1.02. The molecule has 0 saturated heterocycles. The SMILES string of the molecule is CN1C=C(F)CN1C(=O)O. The number of rotatable bonds is 0. The molecule has 0 aromatic rings. The van der Waals surface area contributed by atoms with Gasteiger partial charge in [0.05, 0.1) is 12.7 Å². The highest BCUT2D eigenvalue weighted by molar-refractivity contribution is 5.65. The molecule has 1 amide bonds. The highest BCUT2D eigenvalue weighted by Crippen LogP contribution is 2.12. The lowest BCUT2D eigenvalue weighted by molar-refractivity contribution is 0.0672. The molecule has 0 radical (unpaired) electrons. The first kappa shape index (κ1) is 6.85. The molecule has 0 atom stereocenters. The molecule has 5 heteroatoms. The molecule has 0 spiro atoms. The Balaban J connectivity index is 2.63. The van der Waals surface area contributed by atoms with Gasteiger partial charge in [0, 0.05) is 7.05 Å². The predicted octanol–water partition coefficient (Wildman–Crippen LogP) is 0.638. The van der Waals surface area contributed by atoms with E-state index in [9.17, 15) is 9.18 Å². The number of nitrogens with zero attached hydrogens (tertiary/aromatic N) is 2. The fourth-order valence-electron chi connectivity index (χ4n) is 0.770. The molecule has 0 aliphatic carbocycles. The van der Waals surface area contributed by atoms with Crippen LogP contribution in [0.4, 0.5) is 9.18 Å². The van der Waals surface area contributed by atoms with Gasteiger partial charge in [-0.1, -0.05) is 0 Å². The molecular formula is C5H7FN2O2. The van der Waals surface area contributed by atoms with Crippen molar-refractivity contribution in [3.63, 3.8) is 0 Å². The fourth-order valence-corrected chi connectivity index (χ4v) is 0.770. The van der Waals surface area contributed by atoms with Gasteiger partial charge in [-0.25, -0.2) is 14.2 Å². The number of hydrazine groups is 1. The number of hydrogen-bond donors (Lipinski definition) is 1. The Morgan fingerprint density at radius 2 is 2.50 bits per heavy atom. The van der Waals surface area contributed by atoms with Crippen LogP contribution in [0.5, 0.6) is 0 Å². The minimum atomic E-state index is -1.15. The van der Waals surface area contributed by atoms with Gasteiger partial charge >= 0.3 is 6.09 Å². The lowest BCUT2D eigenvalue weighted by Crippen LogP contribution is -2.36. The third-order valence-electron chi connectivity index (χ3n) is 1.23. The second-order valence-electron chi connectivity index (χ2n) is 1.99. The van der Waals surface area contributed by atoms with E-state index in [2.05, 4.69) is 0 Å². The number of amides is 1. The standard InChI is InChI=1S/C5H7FN2O2/c1-7-2-4(6)3-8(7)5(9)10/h2H,3H2,1H3,(H,9,10). The second kappa shape index (κ2) is 2.17. The fraction of sp³-hybridized carbons (Fsp3) is 0.400. The van der Waals surface area contributed by atoms with E-state index in [1.807, 2.05) is 0 Å². The van der Waals surface area contributed by atoms with Crippen LogP contribution >= 0.6 is 0 Å². The van der Waals surface area contributed by atoms with Crippen molar-refractivity contribution in [2.24, 2.45) is 0 Å². The molecule has 1 aliphatic rings. The molecule has 0 bridgehead atoms. The van der Waals surface area contributed by atoms with Crippen LogP contribution in [0.15, 0.2) is 12.0 Å². The van der Waals surface area contributed by atoms with Crippen molar-refractivity contribution in [2.45, 2.75) is 0 Å². The summed E-state index contributed by atoms with van der Waals surface area (Å²) in [4.78, 5) is 10.2. The normalized spacial score (nSPS) is 17.6. The Hall–Kier alpha value is -1.26. The summed E-state index contributed by atoms with van der Waals surface area (Å²) in [5, 5.41) is 10.4. The van der Waals surface area contributed by atoms with Crippen LogP contribution in [0.3, 0.4) is 0 Å². The van der Waals surface area contributed by atoms with E-state index in [4.69, 9.17) is 5.11 Å². The van der Waals surface area contributed by atoms with Crippen LogP contribution in [0.25, 0.3) is 0 Å². The first-order chi connectivity index (χ1) is 4.61. The van der Waals surface area contributed by atoms with Gasteiger partial charge in [0.2, 0.25) is 0 Å². The average molecular weight is 146 g/mol. The van der Waals surface area contributed by atoms with Gasteiger partial charge in [-0.05, 0) is 0 Å². The van der Waals surface area contributed by atoms with Crippen LogP contribution in [0, 0.1) is 0 Å². The van der Waals surface area contributed by atoms with Gasteiger partial charge in [-0.2, -0.15) is 0 Å². The summed E-state index contributed by atoms with van der Waals surface area (Å²) in [5.74, 6) is -0.440. The summed E-state index contributed by atoms with van der Waals surface area (Å²) < 4.78 is 12.3. The summed E-state index contributed by atoms with van der Waals surface area (Å²) in [7, 11) is 1.47. The second-order valence-corrected chi connectivity index (χ2v) is 1.99. The van der Waals surface area contributed by atoms with E-state index in [-0.39, 0.29) is 6.54 Å². The van der Waals surface area contributed by atoms with Gasteiger partial charge in [-0.15, -0.1) is 0 Å². The highest BCUT2D eigenvalue weighted by atomic mass is 19.1. The van der Waals surface area contributed by atoms with Gasteiger partial charge in [0.1, 0.15) is 5.83 Å². The largest absolute Gasteiger partial charge is 0.464 e. The Kier molecular flexibility index (Phi) is 1.48. The van der Waals surface area contributed by atoms with Crippen molar-refractivity contribution < 1.29 is 14.3 Å². The summed E-state index contributed by atoms with van der Waals surface area (Å²) in [6, 6.07) is 0. The Morgan fingerprint density at radius 1 is 1.90 bits per heavy atom. The van der Waals surface area contributed by atoms with E-state index in [1.165, 1.54) is 12.1 Å². The molecule has 0 aromatic carbocycles. The number of carboxylic acid groups (broad SMARTS) is 1. The van der Waals surface area contributed by atoms with E-state index in [0.29, 0.717) is 0 Å². The first-order valence-electron chi connectivity index (χ1n) is 2.70. The molecule has 1 aliphatic heterocycles. The monoisotopic (exact) mass is 146 g/mol. The van der Waals surface area contributed by atoms with Gasteiger partial charge in [0.15, 0.2) is 0 Å². The molecule has 1 N–H and O–H groups in total. The zero-order valence-corrected chi connectivity index (χ0v) is 5.41. The van der Waals surface area contributed by atoms with Crippen molar-refractivity contribution in [1.82, 2.24) is 10.0 Å². The molecule has 1 heterocycles. The highest BCUT2D eigenvalue weighted by Gasteiger charge is 2.23. The zero-order valence-electron chi connectivity index (χ0n) is 5.41. The number of carbonyl (C=O) groups is 1. The van der Waals surface area contributed by atoms with Crippen molar-refractivity contribution in [3.05, 3.63) is 12.0 Å². The Bertz CT molecular complexity index is 192. The summed E-state index contributed by atoms with van der Waals surface area (Å²) in [6.07, 6.45) is -0.0138. The molecule has 4 nitrogen and oxygen atoms in total. The first-order valence-corrected chi connectivity index (χ1v) is 2.70. The topological polar surface area (TPSA) is 43.8 Å². The van der Waals surface area contributed by atoms with Gasteiger partial charge in [-0.3, -0.25) is 5.01 Å². The number of halogens is 1. The van der Waals surface area contributed by atoms with Crippen LogP contribution in [-0.2, 0) is 0 Å². The molecule has 0 aromatic heterocycles. The number of hydrogen-bond acceptors (Lipinski definition) is 2. The van der Waals surface area contributed by atoms with E-state index in [1.54, 1.807) is 0 Å². The maximum atomic E-state index is 12.3. The molecule has 1 rings (SSSR count). The van der Waals surface area contributed by atoms with Crippen LogP contribution in [-0.4, -0.2) is 34.8 Å². The van der Waals surface area contributed by atoms with E-state index >= 15 is 0 Å². The molecule has 0 saturated carbocycles. The average Bonchev–Trinajstić information content (AvgIpc) is 2.10. The van der Waals surface area contributed by atoms with Gasteiger partial charge in [0.25, 0.3) is 0 Å². The maximum Gasteiger partial charge on any atom is 0.426 e. The van der Waals surface area contributed by atoms with Crippen molar-refractivity contribution in [1.29, 1.82) is 0 Å². The quantitative estimate of drug-likeness (QED) is 0.545.